The number of para-hydroxylation sites is 1. The van der Waals surface area contributed by atoms with Gasteiger partial charge in [0.2, 0.25) is 0 Å². The topological polar surface area (TPSA) is 35.2 Å². The number of halogens is 1. The highest BCUT2D eigenvalue weighted by atomic mass is 127. The molecule has 3 heteroatoms. The molecule has 2 N–H and O–H groups in total. The van der Waals surface area contributed by atoms with E-state index in [4.69, 9.17) is 10.5 Å². The SMILES string of the molecule is CCCCCCCCCCCCCCCC(Oc1ccccc1)C(C)(C)N.I. The second kappa shape index (κ2) is 17.6. The molecular weight excluding hydrogens is 457 g/mol. The summed E-state index contributed by atoms with van der Waals surface area (Å²) in [4.78, 5) is 0. The largest absolute Gasteiger partial charge is 0.489 e. The smallest absolute Gasteiger partial charge is 0.119 e. The number of rotatable bonds is 17. The molecule has 1 aromatic carbocycles. The van der Waals surface area contributed by atoms with Crippen LogP contribution in [0.15, 0.2) is 30.3 Å². The highest BCUT2D eigenvalue weighted by Gasteiger charge is 2.26. The van der Waals surface area contributed by atoms with E-state index in [1.807, 2.05) is 30.3 Å². The van der Waals surface area contributed by atoms with Crippen molar-refractivity contribution in [1.82, 2.24) is 0 Å². The van der Waals surface area contributed by atoms with Gasteiger partial charge in [-0.15, -0.1) is 24.0 Å². The van der Waals surface area contributed by atoms with E-state index in [1.54, 1.807) is 0 Å². The Morgan fingerprint density at radius 2 is 1.18 bits per heavy atom. The monoisotopic (exact) mass is 503 g/mol. The molecule has 164 valence electrons. The van der Waals surface area contributed by atoms with E-state index in [9.17, 15) is 0 Å². The first kappa shape index (κ1) is 27.7. The lowest BCUT2D eigenvalue weighted by Gasteiger charge is -2.31. The third kappa shape index (κ3) is 14.7. The van der Waals surface area contributed by atoms with Crippen LogP contribution in [0.25, 0.3) is 0 Å². The third-order valence-corrected chi connectivity index (χ3v) is 5.42. The fourth-order valence-corrected chi connectivity index (χ4v) is 3.59. The van der Waals surface area contributed by atoms with Gasteiger partial charge in [-0.1, -0.05) is 102 Å². The lowest BCUT2D eigenvalue weighted by atomic mass is 9.93. The summed E-state index contributed by atoms with van der Waals surface area (Å²) in [5.41, 5.74) is 6.04. The Hall–Kier alpha value is -0.290. The van der Waals surface area contributed by atoms with Crippen LogP contribution in [-0.2, 0) is 0 Å². The van der Waals surface area contributed by atoms with Crippen molar-refractivity contribution in [2.24, 2.45) is 5.73 Å². The van der Waals surface area contributed by atoms with Gasteiger partial charge in [-0.2, -0.15) is 0 Å². The van der Waals surface area contributed by atoms with Gasteiger partial charge in [0, 0.05) is 5.54 Å². The second-order valence-electron chi connectivity index (χ2n) is 8.77. The van der Waals surface area contributed by atoms with Crippen LogP contribution >= 0.6 is 24.0 Å². The highest BCUT2D eigenvalue weighted by molar-refractivity contribution is 14.0. The zero-order chi connectivity index (χ0) is 19.8. The summed E-state index contributed by atoms with van der Waals surface area (Å²) in [5, 5.41) is 0. The number of ether oxygens (including phenoxy) is 1. The Bertz CT molecular complexity index is 444. The molecular formula is C25H46INO. The van der Waals surface area contributed by atoms with Gasteiger partial charge >= 0.3 is 0 Å². The average Bonchev–Trinajstić information content (AvgIpc) is 2.64. The van der Waals surface area contributed by atoms with E-state index in [1.165, 1.54) is 83.5 Å². The molecule has 1 unspecified atom stereocenters. The van der Waals surface area contributed by atoms with E-state index >= 15 is 0 Å². The molecule has 2 nitrogen and oxygen atoms in total. The van der Waals surface area contributed by atoms with Gasteiger partial charge in [-0.25, -0.2) is 0 Å². The van der Waals surface area contributed by atoms with Gasteiger partial charge in [0.05, 0.1) is 0 Å². The van der Waals surface area contributed by atoms with Gasteiger partial charge in [-0.3, -0.25) is 0 Å². The van der Waals surface area contributed by atoms with Crippen LogP contribution in [0.1, 0.15) is 111 Å². The summed E-state index contributed by atoms with van der Waals surface area (Å²) in [7, 11) is 0. The lowest BCUT2D eigenvalue weighted by molar-refractivity contribution is 0.117. The van der Waals surface area contributed by atoms with Crippen LogP contribution in [0, 0.1) is 0 Å². The molecule has 0 aliphatic rings. The summed E-state index contributed by atoms with van der Waals surface area (Å²) in [6.07, 6.45) is 19.1. The molecule has 1 aromatic rings. The normalized spacial score (nSPS) is 12.4. The maximum absolute atomic E-state index is 6.35. The van der Waals surface area contributed by atoms with Crippen LogP contribution < -0.4 is 10.5 Å². The van der Waals surface area contributed by atoms with Crippen LogP contribution in [0.3, 0.4) is 0 Å². The van der Waals surface area contributed by atoms with Crippen molar-refractivity contribution in [2.45, 2.75) is 122 Å². The fraction of sp³-hybridized carbons (Fsp3) is 0.760. The molecule has 0 amide bonds. The summed E-state index contributed by atoms with van der Waals surface area (Å²) in [5.74, 6) is 0.927. The first-order valence-electron chi connectivity index (χ1n) is 11.5. The van der Waals surface area contributed by atoms with Crippen molar-refractivity contribution in [1.29, 1.82) is 0 Å². The van der Waals surface area contributed by atoms with Gasteiger partial charge < -0.3 is 10.5 Å². The number of hydrogen-bond donors (Lipinski definition) is 1. The van der Waals surface area contributed by atoms with Crippen LogP contribution in [0.4, 0.5) is 0 Å². The zero-order valence-corrected chi connectivity index (χ0v) is 21.1. The maximum atomic E-state index is 6.35. The quantitative estimate of drug-likeness (QED) is 0.172. The predicted molar refractivity (Wildman–Crippen MR) is 135 cm³/mol. The van der Waals surface area contributed by atoms with Gasteiger partial charge in [0.1, 0.15) is 11.9 Å². The number of benzene rings is 1. The molecule has 0 spiro atoms. The first-order chi connectivity index (χ1) is 13.0. The lowest BCUT2D eigenvalue weighted by Crippen LogP contribution is -2.48. The minimum absolute atomic E-state index is 0. The Labute approximate surface area is 192 Å². The minimum Gasteiger partial charge on any atom is -0.489 e. The predicted octanol–water partition coefficient (Wildman–Crippen LogP) is 8.27. The molecule has 0 aromatic heterocycles. The zero-order valence-electron chi connectivity index (χ0n) is 18.8. The molecule has 1 rings (SSSR count). The van der Waals surface area contributed by atoms with E-state index < -0.39 is 0 Å². The number of hydrogen-bond acceptors (Lipinski definition) is 2. The van der Waals surface area contributed by atoms with Crippen molar-refractivity contribution < 1.29 is 4.74 Å². The standard InChI is InChI=1S/C25H45NO.HI/c1-4-5-6-7-8-9-10-11-12-13-14-15-19-22-24(25(2,3)26)27-23-20-17-16-18-21-23;/h16-18,20-21,24H,4-15,19,22,26H2,1-3H3;1H. The van der Waals surface area contributed by atoms with Crippen molar-refractivity contribution >= 4 is 24.0 Å². The minimum atomic E-state index is -0.313. The first-order valence-corrected chi connectivity index (χ1v) is 11.5. The van der Waals surface area contributed by atoms with Gasteiger partial charge in [-0.05, 0) is 38.8 Å². The van der Waals surface area contributed by atoms with Crippen LogP contribution in [0.2, 0.25) is 0 Å². The van der Waals surface area contributed by atoms with Gasteiger partial charge in [0.15, 0.2) is 0 Å². The van der Waals surface area contributed by atoms with Crippen LogP contribution in [-0.4, -0.2) is 11.6 Å². The Morgan fingerprint density at radius 1 is 0.750 bits per heavy atom. The fourth-order valence-electron chi connectivity index (χ4n) is 3.59. The Balaban J connectivity index is 0.00000729. The summed E-state index contributed by atoms with van der Waals surface area (Å²) >= 11 is 0. The number of nitrogens with two attached hydrogens (primary N) is 1. The van der Waals surface area contributed by atoms with Crippen LogP contribution in [0.5, 0.6) is 5.75 Å². The van der Waals surface area contributed by atoms with E-state index in [2.05, 4.69) is 20.8 Å². The molecule has 28 heavy (non-hydrogen) atoms. The highest BCUT2D eigenvalue weighted by Crippen LogP contribution is 2.22. The molecule has 0 bridgehead atoms. The molecule has 1 atom stereocenters. The summed E-state index contributed by atoms with van der Waals surface area (Å²) < 4.78 is 6.16. The summed E-state index contributed by atoms with van der Waals surface area (Å²) in [6.45, 7) is 6.43. The average molecular weight is 504 g/mol. The van der Waals surface area contributed by atoms with E-state index in [-0.39, 0.29) is 35.6 Å². The van der Waals surface area contributed by atoms with Gasteiger partial charge in [0.25, 0.3) is 0 Å². The summed E-state index contributed by atoms with van der Waals surface area (Å²) in [6, 6.07) is 10.1. The Kier molecular flexibility index (Phi) is 17.4. The van der Waals surface area contributed by atoms with Crippen molar-refractivity contribution in [2.75, 3.05) is 0 Å². The van der Waals surface area contributed by atoms with Crippen molar-refractivity contribution in [3.63, 3.8) is 0 Å². The Morgan fingerprint density at radius 3 is 1.61 bits per heavy atom. The molecule has 0 heterocycles. The third-order valence-electron chi connectivity index (χ3n) is 5.42. The van der Waals surface area contributed by atoms with Crippen molar-refractivity contribution in [3.8, 4) is 5.75 Å². The molecule has 0 aliphatic carbocycles. The molecule has 0 radical (unpaired) electrons. The molecule has 0 aliphatic heterocycles. The molecule has 0 saturated heterocycles. The van der Waals surface area contributed by atoms with Crippen molar-refractivity contribution in [3.05, 3.63) is 30.3 Å². The van der Waals surface area contributed by atoms with E-state index in [0.717, 1.165) is 12.2 Å². The maximum Gasteiger partial charge on any atom is 0.119 e. The molecule has 0 fully saturated rings. The van der Waals surface area contributed by atoms with E-state index in [0.29, 0.717) is 0 Å². The molecule has 0 saturated carbocycles. The second-order valence-corrected chi connectivity index (χ2v) is 8.77. The number of unbranched alkanes of at least 4 members (excludes halogenated alkanes) is 12.